The number of ether oxygens (including phenoxy) is 1. The van der Waals surface area contributed by atoms with Gasteiger partial charge in [0.1, 0.15) is 5.82 Å². The molecule has 0 atom stereocenters. The molecule has 0 amide bonds. The number of rotatable bonds is 9. The zero-order valence-corrected chi connectivity index (χ0v) is 15.9. The lowest BCUT2D eigenvalue weighted by molar-refractivity contribution is 0.308. The van der Waals surface area contributed by atoms with Crippen LogP contribution >= 0.6 is 0 Å². The molecule has 2 rings (SSSR count). The molecule has 138 valence electrons. The maximum atomic E-state index is 5.93. The molecule has 0 aliphatic heterocycles. The van der Waals surface area contributed by atoms with Crippen LogP contribution in [0.15, 0.2) is 30.7 Å². The van der Waals surface area contributed by atoms with E-state index in [0.29, 0.717) is 24.7 Å². The Bertz CT molecular complexity index is 586. The number of aromatic nitrogens is 3. The molecular weight excluding hydrogens is 314 g/mol. The van der Waals surface area contributed by atoms with Crippen LogP contribution < -0.4 is 15.4 Å². The van der Waals surface area contributed by atoms with E-state index in [2.05, 4.69) is 33.7 Å². The second-order valence-corrected chi connectivity index (χ2v) is 5.37. The maximum Gasteiger partial charge on any atom is 0.217 e. The predicted molar refractivity (Wildman–Crippen MR) is 104 cm³/mol. The fraction of sp³-hybridized carbons (Fsp3) is 0.526. The van der Waals surface area contributed by atoms with Gasteiger partial charge in [0.15, 0.2) is 0 Å². The van der Waals surface area contributed by atoms with Crippen molar-refractivity contribution in [3.8, 4) is 5.88 Å². The van der Waals surface area contributed by atoms with Crippen molar-refractivity contribution >= 4 is 11.5 Å². The molecule has 0 aromatic carbocycles. The fourth-order valence-electron chi connectivity index (χ4n) is 2.40. The minimum atomic E-state index is 0.481. The molecule has 0 saturated heterocycles. The minimum Gasteiger partial charge on any atom is -0.477 e. The molecule has 0 aliphatic rings. The summed E-state index contributed by atoms with van der Waals surface area (Å²) >= 11 is 0. The molecule has 0 bridgehead atoms. The van der Waals surface area contributed by atoms with Crippen molar-refractivity contribution in [2.45, 2.75) is 47.0 Å². The van der Waals surface area contributed by atoms with E-state index in [-0.39, 0.29) is 0 Å². The number of nitrogens with zero attached hydrogens (tertiary/aromatic N) is 4. The van der Waals surface area contributed by atoms with Gasteiger partial charge in [-0.1, -0.05) is 27.7 Å². The van der Waals surface area contributed by atoms with Crippen LogP contribution in [0.5, 0.6) is 5.88 Å². The first-order chi connectivity index (χ1) is 12.2. The van der Waals surface area contributed by atoms with Gasteiger partial charge in [0.2, 0.25) is 5.88 Å². The summed E-state index contributed by atoms with van der Waals surface area (Å²) in [4.78, 5) is 14.8. The summed E-state index contributed by atoms with van der Waals surface area (Å²) in [6.45, 7) is 10.8. The summed E-state index contributed by atoms with van der Waals surface area (Å²) in [5.41, 5.74) is 7.90. The van der Waals surface area contributed by atoms with E-state index in [1.807, 2.05) is 26.0 Å². The maximum absolute atomic E-state index is 5.93. The molecular formula is C19H31N5O. The lowest BCUT2D eigenvalue weighted by Gasteiger charge is -2.24. The van der Waals surface area contributed by atoms with Gasteiger partial charge < -0.3 is 15.4 Å². The molecule has 0 unspecified atom stereocenters. The Kier molecular flexibility index (Phi) is 9.97. The Balaban J connectivity index is 0.00000151. The van der Waals surface area contributed by atoms with Crippen molar-refractivity contribution < 1.29 is 4.74 Å². The van der Waals surface area contributed by atoms with Crippen LogP contribution in [0, 0.1) is 0 Å². The lowest BCUT2D eigenvalue weighted by Crippen LogP contribution is -2.25. The molecule has 2 N–H and O–H groups in total. The van der Waals surface area contributed by atoms with Crippen LogP contribution in [-0.4, -0.2) is 34.6 Å². The van der Waals surface area contributed by atoms with Crippen LogP contribution in [0.2, 0.25) is 0 Å². The Morgan fingerprint density at radius 2 is 1.80 bits per heavy atom. The first-order valence-corrected chi connectivity index (χ1v) is 9.13. The van der Waals surface area contributed by atoms with Crippen molar-refractivity contribution in [3.05, 3.63) is 36.4 Å². The Morgan fingerprint density at radius 1 is 1.08 bits per heavy atom. The molecule has 25 heavy (non-hydrogen) atoms. The average Bonchev–Trinajstić information content (AvgIpc) is 2.64. The topological polar surface area (TPSA) is 77.2 Å². The number of hydrogen-bond donors (Lipinski definition) is 1. The highest BCUT2D eigenvalue weighted by atomic mass is 16.5. The van der Waals surface area contributed by atoms with Crippen LogP contribution in [0.1, 0.15) is 46.2 Å². The van der Waals surface area contributed by atoms with Gasteiger partial charge in [-0.05, 0) is 12.8 Å². The monoisotopic (exact) mass is 345 g/mol. The Labute approximate surface area is 151 Å². The number of nitrogens with two attached hydrogens (primary N) is 1. The van der Waals surface area contributed by atoms with Crippen LogP contribution in [0.4, 0.5) is 11.5 Å². The molecule has 0 spiro atoms. The molecule has 2 aromatic rings. The zero-order chi connectivity index (χ0) is 18.5. The van der Waals surface area contributed by atoms with E-state index in [1.54, 1.807) is 18.6 Å². The highest BCUT2D eigenvalue weighted by molar-refractivity contribution is 5.55. The third kappa shape index (κ3) is 7.37. The van der Waals surface area contributed by atoms with Gasteiger partial charge in [-0.15, -0.1) is 0 Å². The van der Waals surface area contributed by atoms with Crippen molar-refractivity contribution in [1.29, 1.82) is 0 Å². The minimum absolute atomic E-state index is 0.481. The van der Waals surface area contributed by atoms with Gasteiger partial charge in [0.25, 0.3) is 0 Å². The predicted octanol–water partition coefficient (Wildman–Crippen LogP) is 3.73. The summed E-state index contributed by atoms with van der Waals surface area (Å²) < 4.78 is 5.75. The van der Waals surface area contributed by atoms with Gasteiger partial charge in [-0.25, -0.2) is 0 Å². The quantitative estimate of drug-likeness (QED) is 0.746. The second kappa shape index (κ2) is 12.1. The first kappa shape index (κ1) is 20.7. The van der Waals surface area contributed by atoms with Crippen molar-refractivity contribution in [2.24, 2.45) is 0 Å². The SMILES string of the molecule is CC.CCCN(CCC)c1cc(N)nc(OCCc2cnccn2)c1. The molecule has 2 heterocycles. The molecule has 0 radical (unpaired) electrons. The standard InChI is InChI=1S/C17H25N5O.C2H6/c1-3-8-22(9-4-2)15-11-16(18)21-17(12-15)23-10-5-14-13-19-6-7-20-14;1-2/h6-7,11-13H,3-5,8-10H2,1-2H3,(H2,18,21);1-2H3. The summed E-state index contributed by atoms with van der Waals surface area (Å²) in [5, 5.41) is 0. The molecule has 0 saturated carbocycles. The van der Waals surface area contributed by atoms with E-state index >= 15 is 0 Å². The highest BCUT2D eigenvalue weighted by Gasteiger charge is 2.09. The lowest BCUT2D eigenvalue weighted by atomic mass is 10.3. The fourth-order valence-corrected chi connectivity index (χ4v) is 2.40. The summed E-state index contributed by atoms with van der Waals surface area (Å²) in [7, 11) is 0. The first-order valence-electron chi connectivity index (χ1n) is 9.13. The largest absolute Gasteiger partial charge is 0.477 e. The third-order valence-corrected chi connectivity index (χ3v) is 3.38. The van der Waals surface area contributed by atoms with E-state index in [9.17, 15) is 0 Å². The van der Waals surface area contributed by atoms with Gasteiger partial charge >= 0.3 is 0 Å². The number of hydrogen-bond acceptors (Lipinski definition) is 6. The zero-order valence-electron chi connectivity index (χ0n) is 15.9. The van der Waals surface area contributed by atoms with Gasteiger partial charge in [0, 0.05) is 55.9 Å². The summed E-state index contributed by atoms with van der Waals surface area (Å²) in [5.74, 6) is 1.04. The smallest absolute Gasteiger partial charge is 0.217 e. The van der Waals surface area contributed by atoms with Crippen molar-refractivity contribution in [1.82, 2.24) is 15.0 Å². The van der Waals surface area contributed by atoms with E-state index < -0.39 is 0 Å². The van der Waals surface area contributed by atoms with Crippen LogP contribution in [-0.2, 0) is 6.42 Å². The molecule has 2 aromatic heterocycles. The molecule has 6 nitrogen and oxygen atoms in total. The van der Waals surface area contributed by atoms with Gasteiger partial charge in [-0.2, -0.15) is 4.98 Å². The Hall–Kier alpha value is -2.37. The van der Waals surface area contributed by atoms with E-state index in [1.165, 1.54) is 0 Å². The van der Waals surface area contributed by atoms with Crippen molar-refractivity contribution in [2.75, 3.05) is 30.3 Å². The van der Waals surface area contributed by atoms with Gasteiger partial charge in [-0.3, -0.25) is 9.97 Å². The Morgan fingerprint density at radius 3 is 2.40 bits per heavy atom. The van der Waals surface area contributed by atoms with Crippen LogP contribution in [0.3, 0.4) is 0 Å². The van der Waals surface area contributed by atoms with Crippen LogP contribution in [0.25, 0.3) is 0 Å². The number of pyridine rings is 1. The molecule has 6 heteroatoms. The summed E-state index contributed by atoms with van der Waals surface area (Å²) in [6.07, 6.45) is 7.95. The molecule has 0 fully saturated rings. The highest BCUT2D eigenvalue weighted by Crippen LogP contribution is 2.23. The normalized spacial score (nSPS) is 9.92. The second-order valence-electron chi connectivity index (χ2n) is 5.37. The third-order valence-electron chi connectivity index (χ3n) is 3.38. The van der Waals surface area contributed by atoms with E-state index in [4.69, 9.17) is 10.5 Å². The number of anilines is 2. The molecule has 0 aliphatic carbocycles. The number of nitrogen functional groups attached to an aromatic ring is 1. The average molecular weight is 345 g/mol. The summed E-state index contributed by atoms with van der Waals surface area (Å²) in [6, 6.07) is 3.86. The van der Waals surface area contributed by atoms with Crippen molar-refractivity contribution in [3.63, 3.8) is 0 Å². The van der Waals surface area contributed by atoms with Gasteiger partial charge in [0.05, 0.1) is 12.3 Å². The van der Waals surface area contributed by atoms with E-state index in [0.717, 1.165) is 37.3 Å².